The van der Waals surface area contributed by atoms with Gasteiger partial charge in [0.25, 0.3) is 5.91 Å². The lowest BCUT2D eigenvalue weighted by Crippen LogP contribution is -2.26. The number of benzene rings is 1. The molecule has 0 saturated carbocycles. The van der Waals surface area contributed by atoms with Crippen LogP contribution in [-0.2, 0) is 11.9 Å². The Bertz CT molecular complexity index is 560. The van der Waals surface area contributed by atoms with Gasteiger partial charge in [-0.1, -0.05) is 32.0 Å². The summed E-state index contributed by atoms with van der Waals surface area (Å²) < 4.78 is 1.69. The number of carbonyl (C=O) groups excluding carboxylic acids is 1. The maximum absolute atomic E-state index is 11.9. The molecule has 5 heteroatoms. The average molecular weight is 247 g/mol. The van der Waals surface area contributed by atoms with Crippen molar-refractivity contribution in [3.8, 4) is 0 Å². The number of para-hydroxylation sites is 1. The Kier molecular flexibility index (Phi) is 3.62. The third-order valence-electron chi connectivity index (χ3n) is 2.55. The summed E-state index contributed by atoms with van der Waals surface area (Å²) in [5, 5.41) is 5.04. The van der Waals surface area contributed by atoms with Crippen molar-refractivity contribution in [3.63, 3.8) is 0 Å². The molecule has 2 aromatic rings. The minimum Gasteiger partial charge on any atom is -0.273 e. The second kappa shape index (κ2) is 5.18. The lowest BCUT2D eigenvalue weighted by molar-refractivity contribution is 0.0205. The van der Waals surface area contributed by atoms with Crippen molar-refractivity contribution in [1.29, 1.82) is 0 Å². The SMILES string of the molecule is CC(C)CONC(=O)c1nn(C)c2ccccc12. The summed E-state index contributed by atoms with van der Waals surface area (Å²) in [5.41, 5.74) is 3.73. The standard InChI is InChI=1S/C13H17N3O2/c1-9(2)8-18-15-13(17)12-10-6-4-5-7-11(10)16(3)14-12/h4-7,9H,8H2,1-3H3,(H,15,17). The lowest BCUT2D eigenvalue weighted by Gasteiger charge is -2.06. The number of hydrogen-bond donors (Lipinski definition) is 1. The van der Waals surface area contributed by atoms with E-state index in [0.717, 1.165) is 10.9 Å². The molecule has 1 aromatic heterocycles. The van der Waals surface area contributed by atoms with Gasteiger partial charge in [0.1, 0.15) is 0 Å². The van der Waals surface area contributed by atoms with Gasteiger partial charge < -0.3 is 0 Å². The predicted molar refractivity (Wildman–Crippen MR) is 69.0 cm³/mol. The van der Waals surface area contributed by atoms with Crippen LogP contribution >= 0.6 is 0 Å². The van der Waals surface area contributed by atoms with Crippen molar-refractivity contribution in [2.24, 2.45) is 13.0 Å². The fourth-order valence-corrected chi connectivity index (χ4v) is 1.70. The third-order valence-corrected chi connectivity index (χ3v) is 2.55. The average Bonchev–Trinajstić information content (AvgIpc) is 2.67. The van der Waals surface area contributed by atoms with Crippen molar-refractivity contribution < 1.29 is 9.63 Å². The molecule has 5 nitrogen and oxygen atoms in total. The first-order valence-electron chi connectivity index (χ1n) is 5.93. The van der Waals surface area contributed by atoms with Gasteiger partial charge in [0, 0.05) is 12.4 Å². The lowest BCUT2D eigenvalue weighted by atomic mass is 10.2. The van der Waals surface area contributed by atoms with E-state index in [9.17, 15) is 4.79 Å². The second-order valence-electron chi connectivity index (χ2n) is 4.63. The molecule has 1 heterocycles. The van der Waals surface area contributed by atoms with Crippen LogP contribution in [0.3, 0.4) is 0 Å². The molecule has 2 rings (SSSR count). The highest BCUT2D eigenvalue weighted by molar-refractivity contribution is 6.04. The van der Waals surface area contributed by atoms with Crippen LogP contribution in [0.15, 0.2) is 24.3 Å². The van der Waals surface area contributed by atoms with E-state index >= 15 is 0 Å². The Morgan fingerprint density at radius 1 is 1.44 bits per heavy atom. The number of aromatic nitrogens is 2. The largest absolute Gasteiger partial charge is 0.295 e. The molecule has 18 heavy (non-hydrogen) atoms. The fourth-order valence-electron chi connectivity index (χ4n) is 1.70. The van der Waals surface area contributed by atoms with Crippen LogP contribution in [0.2, 0.25) is 0 Å². The van der Waals surface area contributed by atoms with E-state index in [4.69, 9.17) is 4.84 Å². The van der Waals surface area contributed by atoms with Crippen molar-refractivity contribution in [1.82, 2.24) is 15.3 Å². The highest BCUT2D eigenvalue weighted by Gasteiger charge is 2.15. The fraction of sp³-hybridized carbons (Fsp3) is 0.385. The van der Waals surface area contributed by atoms with Crippen molar-refractivity contribution in [2.75, 3.05) is 6.61 Å². The van der Waals surface area contributed by atoms with E-state index in [1.807, 2.05) is 45.2 Å². The number of rotatable bonds is 4. The first kappa shape index (κ1) is 12.6. The summed E-state index contributed by atoms with van der Waals surface area (Å²) in [6.45, 7) is 4.52. The molecular formula is C13H17N3O2. The van der Waals surface area contributed by atoms with Gasteiger partial charge in [0.05, 0.1) is 12.1 Å². The zero-order chi connectivity index (χ0) is 13.1. The number of fused-ring (bicyclic) bond motifs is 1. The zero-order valence-corrected chi connectivity index (χ0v) is 10.8. The number of hydroxylamine groups is 1. The van der Waals surface area contributed by atoms with E-state index in [1.54, 1.807) is 4.68 Å². The molecule has 1 aromatic carbocycles. The summed E-state index contributed by atoms with van der Waals surface area (Å²) in [6, 6.07) is 7.60. The van der Waals surface area contributed by atoms with E-state index in [1.165, 1.54) is 0 Å². The zero-order valence-electron chi connectivity index (χ0n) is 10.8. The van der Waals surface area contributed by atoms with Gasteiger partial charge >= 0.3 is 0 Å². The highest BCUT2D eigenvalue weighted by atomic mass is 16.6. The van der Waals surface area contributed by atoms with Crippen LogP contribution in [0.1, 0.15) is 24.3 Å². The molecule has 0 radical (unpaired) electrons. The Balaban J connectivity index is 2.18. The van der Waals surface area contributed by atoms with Crippen LogP contribution in [0.25, 0.3) is 10.9 Å². The maximum Gasteiger partial charge on any atom is 0.295 e. The van der Waals surface area contributed by atoms with Gasteiger partial charge in [0.2, 0.25) is 0 Å². The number of aryl methyl sites for hydroxylation is 1. The van der Waals surface area contributed by atoms with Gasteiger partial charge in [-0.2, -0.15) is 5.10 Å². The first-order chi connectivity index (χ1) is 8.59. The molecule has 0 bridgehead atoms. The maximum atomic E-state index is 11.9. The number of carbonyl (C=O) groups is 1. The summed E-state index contributed by atoms with van der Waals surface area (Å²) in [5.74, 6) is 0.0539. The Morgan fingerprint density at radius 2 is 2.17 bits per heavy atom. The first-order valence-corrected chi connectivity index (χ1v) is 5.93. The van der Waals surface area contributed by atoms with Crippen molar-refractivity contribution in [2.45, 2.75) is 13.8 Å². The van der Waals surface area contributed by atoms with Crippen LogP contribution < -0.4 is 5.48 Å². The molecule has 0 saturated heterocycles. The molecule has 0 spiro atoms. The monoisotopic (exact) mass is 247 g/mol. The number of amides is 1. The minimum atomic E-state index is -0.313. The van der Waals surface area contributed by atoms with E-state index < -0.39 is 0 Å². The van der Waals surface area contributed by atoms with Crippen LogP contribution in [0.5, 0.6) is 0 Å². The van der Waals surface area contributed by atoms with E-state index in [0.29, 0.717) is 18.2 Å². The molecule has 0 atom stereocenters. The van der Waals surface area contributed by atoms with Crippen molar-refractivity contribution in [3.05, 3.63) is 30.0 Å². The predicted octanol–water partition coefficient (Wildman–Crippen LogP) is 1.89. The normalized spacial score (nSPS) is 11.1. The van der Waals surface area contributed by atoms with Crippen molar-refractivity contribution >= 4 is 16.8 Å². The minimum absolute atomic E-state index is 0.313. The topological polar surface area (TPSA) is 56.1 Å². The molecule has 0 aliphatic rings. The number of hydrogen-bond acceptors (Lipinski definition) is 3. The molecule has 0 unspecified atom stereocenters. The molecular weight excluding hydrogens is 230 g/mol. The summed E-state index contributed by atoms with van der Waals surface area (Å²) >= 11 is 0. The highest BCUT2D eigenvalue weighted by Crippen LogP contribution is 2.17. The Morgan fingerprint density at radius 3 is 2.89 bits per heavy atom. The van der Waals surface area contributed by atoms with E-state index in [2.05, 4.69) is 10.6 Å². The molecule has 0 aliphatic carbocycles. The van der Waals surface area contributed by atoms with Gasteiger partial charge in [-0.25, -0.2) is 5.48 Å². The van der Waals surface area contributed by atoms with Gasteiger partial charge in [0.15, 0.2) is 5.69 Å². The molecule has 0 fully saturated rings. The van der Waals surface area contributed by atoms with Crippen LogP contribution in [0, 0.1) is 5.92 Å². The van der Waals surface area contributed by atoms with Crippen LogP contribution in [-0.4, -0.2) is 22.3 Å². The summed E-state index contributed by atoms with van der Waals surface area (Å²) in [4.78, 5) is 17.1. The Labute approximate surface area is 106 Å². The molecule has 1 amide bonds. The molecule has 1 N–H and O–H groups in total. The van der Waals surface area contributed by atoms with Crippen LogP contribution in [0.4, 0.5) is 0 Å². The summed E-state index contributed by atoms with van der Waals surface area (Å²) in [7, 11) is 1.81. The molecule has 0 aliphatic heterocycles. The summed E-state index contributed by atoms with van der Waals surface area (Å²) in [6.07, 6.45) is 0. The number of nitrogens with zero attached hydrogens (tertiary/aromatic N) is 2. The van der Waals surface area contributed by atoms with Gasteiger partial charge in [-0.15, -0.1) is 0 Å². The third kappa shape index (κ3) is 2.51. The Hall–Kier alpha value is -1.88. The number of nitrogens with one attached hydrogen (secondary N) is 1. The quantitative estimate of drug-likeness (QED) is 0.839. The smallest absolute Gasteiger partial charge is 0.273 e. The van der Waals surface area contributed by atoms with E-state index in [-0.39, 0.29) is 5.91 Å². The molecule has 96 valence electrons. The van der Waals surface area contributed by atoms with Gasteiger partial charge in [-0.05, 0) is 12.0 Å². The van der Waals surface area contributed by atoms with Gasteiger partial charge in [-0.3, -0.25) is 14.3 Å². The second-order valence-corrected chi connectivity index (χ2v) is 4.63.